The summed E-state index contributed by atoms with van der Waals surface area (Å²) < 4.78 is 16.1. The number of aliphatic imine (C=N–C) groups is 1. The van der Waals surface area contributed by atoms with Gasteiger partial charge in [0.1, 0.15) is 0 Å². The molecule has 7 heteroatoms. The molecule has 4 rings (SSSR count). The van der Waals surface area contributed by atoms with Crippen molar-refractivity contribution in [2.24, 2.45) is 4.99 Å². The number of aryl methyl sites for hydroxylation is 1. The topological polar surface area (TPSA) is 74.2 Å². The lowest BCUT2D eigenvalue weighted by molar-refractivity contribution is -0.129. The predicted molar refractivity (Wildman–Crippen MR) is 121 cm³/mol. The van der Waals surface area contributed by atoms with Gasteiger partial charge in [0, 0.05) is 10.6 Å². The number of hydrogen-bond acceptors (Lipinski definition) is 6. The number of cyclic esters (lactones) is 1. The molecule has 0 aliphatic carbocycles. The maximum absolute atomic E-state index is 12.4. The van der Waals surface area contributed by atoms with Gasteiger partial charge >= 0.3 is 11.9 Å². The van der Waals surface area contributed by atoms with Gasteiger partial charge in [-0.3, -0.25) is 0 Å². The van der Waals surface area contributed by atoms with E-state index in [0.717, 1.165) is 11.1 Å². The van der Waals surface area contributed by atoms with Crippen LogP contribution in [0.1, 0.15) is 27.0 Å². The summed E-state index contributed by atoms with van der Waals surface area (Å²) in [6, 6.07) is 18.8. The first-order chi connectivity index (χ1) is 15.4. The van der Waals surface area contributed by atoms with Crippen LogP contribution in [-0.4, -0.2) is 24.9 Å². The molecule has 1 aliphatic heterocycles. The Hall–Kier alpha value is -3.90. The quantitative estimate of drug-likeness (QED) is 0.304. The Balaban J connectivity index is 1.57. The summed E-state index contributed by atoms with van der Waals surface area (Å²) in [5, 5.41) is 0.523. The molecule has 0 saturated heterocycles. The first kappa shape index (κ1) is 21.3. The van der Waals surface area contributed by atoms with E-state index in [-0.39, 0.29) is 17.3 Å². The van der Waals surface area contributed by atoms with Gasteiger partial charge in [-0.15, -0.1) is 0 Å². The third-order valence-corrected chi connectivity index (χ3v) is 4.91. The summed E-state index contributed by atoms with van der Waals surface area (Å²) in [6.07, 6.45) is 1.58. The fourth-order valence-electron chi connectivity index (χ4n) is 3.07. The number of esters is 2. The number of carbonyl (C=O) groups excluding carboxylic acids is 2. The average molecular weight is 448 g/mol. The average Bonchev–Trinajstić information content (AvgIpc) is 3.15. The first-order valence-electron chi connectivity index (χ1n) is 9.68. The van der Waals surface area contributed by atoms with Gasteiger partial charge < -0.3 is 14.2 Å². The van der Waals surface area contributed by atoms with E-state index in [2.05, 4.69) is 4.99 Å². The van der Waals surface area contributed by atoms with Crippen LogP contribution in [0.4, 0.5) is 0 Å². The number of benzene rings is 3. The molecule has 0 N–H and O–H groups in total. The maximum atomic E-state index is 12.4. The van der Waals surface area contributed by atoms with Crippen LogP contribution in [0, 0.1) is 6.92 Å². The number of hydrogen-bond donors (Lipinski definition) is 0. The molecule has 3 aromatic carbocycles. The predicted octanol–water partition coefficient (Wildman–Crippen LogP) is 5.22. The molecule has 0 atom stereocenters. The van der Waals surface area contributed by atoms with E-state index in [1.54, 1.807) is 48.5 Å². The Morgan fingerprint density at radius 3 is 2.53 bits per heavy atom. The van der Waals surface area contributed by atoms with Crippen molar-refractivity contribution >= 4 is 35.5 Å². The van der Waals surface area contributed by atoms with Crippen molar-refractivity contribution in [2.45, 2.75) is 6.92 Å². The number of carbonyl (C=O) groups is 2. The van der Waals surface area contributed by atoms with Crippen molar-refractivity contribution in [1.82, 2.24) is 0 Å². The maximum Gasteiger partial charge on any atom is 0.363 e. The van der Waals surface area contributed by atoms with Gasteiger partial charge in [-0.1, -0.05) is 35.4 Å². The zero-order chi connectivity index (χ0) is 22.7. The minimum Gasteiger partial charge on any atom is -0.493 e. The molecule has 1 heterocycles. The lowest BCUT2D eigenvalue weighted by Crippen LogP contribution is -2.09. The van der Waals surface area contributed by atoms with E-state index >= 15 is 0 Å². The van der Waals surface area contributed by atoms with Crippen molar-refractivity contribution in [2.75, 3.05) is 7.11 Å². The highest BCUT2D eigenvalue weighted by molar-refractivity contribution is 6.30. The molecule has 0 unspecified atom stereocenters. The number of halogens is 1. The highest BCUT2D eigenvalue weighted by atomic mass is 35.5. The molecule has 0 amide bonds. The van der Waals surface area contributed by atoms with E-state index in [9.17, 15) is 9.59 Å². The highest BCUT2D eigenvalue weighted by Gasteiger charge is 2.24. The van der Waals surface area contributed by atoms with Gasteiger partial charge in [-0.05, 0) is 67.1 Å². The summed E-state index contributed by atoms with van der Waals surface area (Å²) in [5.41, 5.74) is 2.91. The Bertz CT molecular complexity index is 1260. The van der Waals surface area contributed by atoms with E-state index in [0.29, 0.717) is 21.9 Å². The molecule has 1 aliphatic rings. The van der Waals surface area contributed by atoms with Crippen LogP contribution in [-0.2, 0) is 9.53 Å². The summed E-state index contributed by atoms with van der Waals surface area (Å²) in [5.74, 6) is -0.259. The van der Waals surface area contributed by atoms with Gasteiger partial charge in [0.25, 0.3) is 0 Å². The van der Waals surface area contributed by atoms with Crippen molar-refractivity contribution in [1.29, 1.82) is 0 Å². The molecular formula is C25H18ClNO5. The van der Waals surface area contributed by atoms with Crippen LogP contribution in [0.5, 0.6) is 11.5 Å². The molecular weight excluding hydrogens is 430 g/mol. The van der Waals surface area contributed by atoms with Crippen LogP contribution in [0.3, 0.4) is 0 Å². The second-order valence-electron chi connectivity index (χ2n) is 7.01. The summed E-state index contributed by atoms with van der Waals surface area (Å²) in [7, 11) is 1.46. The molecule has 6 nitrogen and oxygen atoms in total. The first-order valence-corrected chi connectivity index (χ1v) is 10.1. The van der Waals surface area contributed by atoms with E-state index in [1.807, 2.05) is 31.2 Å². The smallest absolute Gasteiger partial charge is 0.363 e. The molecule has 160 valence electrons. The van der Waals surface area contributed by atoms with E-state index in [1.165, 1.54) is 7.11 Å². The SMILES string of the molecule is COc1cc(/C=C2/N=C(c3cccc(C)c3)OC2=O)ccc1OC(=O)c1ccc(Cl)cc1. The van der Waals surface area contributed by atoms with E-state index < -0.39 is 11.9 Å². The fraction of sp³-hybridized carbons (Fsp3) is 0.0800. The van der Waals surface area contributed by atoms with Crippen LogP contribution in [0.15, 0.2) is 77.4 Å². The van der Waals surface area contributed by atoms with Crippen molar-refractivity contribution in [3.05, 3.63) is 99.7 Å². The zero-order valence-electron chi connectivity index (χ0n) is 17.3. The Labute approximate surface area is 189 Å². The molecule has 32 heavy (non-hydrogen) atoms. The van der Waals surface area contributed by atoms with Gasteiger partial charge in [0.05, 0.1) is 12.7 Å². The number of nitrogens with zero attached hydrogens (tertiary/aromatic N) is 1. The van der Waals surface area contributed by atoms with Crippen molar-refractivity contribution < 1.29 is 23.8 Å². The van der Waals surface area contributed by atoms with Gasteiger partial charge in [0.2, 0.25) is 5.90 Å². The molecule has 0 spiro atoms. The van der Waals surface area contributed by atoms with Crippen LogP contribution < -0.4 is 9.47 Å². The summed E-state index contributed by atoms with van der Waals surface area (Å²) >= 11 is 5.85. The van der Waals surface area contributed by atoms with Crippen molar-refractivity contribution in [3.8, 4) is 11.5 Å². The van der Waals surface area contributed by atoms with Crippen LogP contribution >= 0.6 is 11.6 Å². The molecule has 3 aromatic rings. The van der Waals surface area contributed by atoms with Gasteiger partial charge in [0.15, 0.2) is 17.2 Å². The summed E-state index contributed by atoms with van der Waals surface area (Å²) in [6.45, 7) is 1.95. The van der Waals surface area contributed by atoms with Gasteiger partial charge in [-0.25, -0.2) is 14.6 Å². The molecule has 0 radical (unpaired) electrons. The number of methoxy groups -OCH3 is 1. The molecule has 0 saturated carbocycles. The fourth-order valence-corrected chi connectivity index (χ4v) is 3.20. The Morgan fingerprint density at radius 2 is 1.81 bits per heavy atom. The van der Waals surface area contributed by atoms with Crippen LogP contribution in [0.2, 0.25) is 5.02 Å². The van der Waals surface area contributed by atoms with E-state index in [4.69, 9.17) is 25.8 Å². The standard InChI is InChI=1S/C25H18ClNO5/c1-15-4-3-5-18(12-15)23-27-20(25(29)32-23)13-16-6-11-21(22(14-16)30-2)31-24(28)17-7-9-19(26)10-8-17/h3-14H,1-2H3/b20-13+. The minimum atomic E-state index is -0.544. The van der Waals surface area contributed by atoms with Gasteiger partial charge in [-0.2, -0.15) is 0 Å². The third kappa shape index (κ3) is 4.71. The normalized spacial score (nSPS) is 14.2. The number of rotatable bonds is 5. The van der Waals surface area contributed by atoms with Crippen LogP contribution in [0.25, 0.3) is 6.08 Å². The largest absolute Gasteiger partial charge is 0.493 e. The number of ether oxygens (including phenoxy) is 3. The second kappa shape index (κ2) is 9.08. The minimum absolute atomic E-state index is 0.162. The Morgan fingerprint density at radius 1 is 1.03 bits per heavy atom. The second-order valence-corrected chi connectivity index (χ2v) is 7.45. The Kier molecular flexibility index (Phi) is 6.05. The zero-order valence-corrected chi connectivity index (χ0v) is 18.1. The summed E-state index contributed by atoms with van der Waals surface area (Å²) in [4.78, 5) is 29.0. The molecule has 0 bridgehead atoms. The van der Waals surface area contributed by atoms with Crippen molar-refractivity contribution in [3.63, 3.8) is 0 Å². The third-order valence-electron chi connectivity index (χ3n) is 4.66. The highest BCUT2D eigenvalue weighted by Crippen LogP contribution is 2.30. The lowest BCUT2D eigenvalue weighted by Gasteiger charge is -2.10. The molecule has 0 aromatic heterocycles. The monoisotopic (exact) mass is 447 g/mol. The molecule has 0 fully saturated rings. The lowest BCUT2D eigenvalue weighted by atomic mass is 10.1.